The lowest BCUT2D eigenvalue weighted by Crippen LogP contribution is -2.46. The zero-order chi connectivity index (χ0) is 22.0. The molecule has 0 rings (SSSR count). The van der Waals surface area contributed by atoms with Crippen LogP contribution in [0, 0.1) is 0 Å². The van der Waals surface area contributed by atoms with Crippen molar-refractivity contribution in [2.24, 2.45) is 0 Å². The first-order chi connectivity index (χ1) is 13.8. The molecule has 6 nitrogen and oxygen atoms in total. The maximum absolute atomic E-state index is 12.1. The van der Waals surface area contributed by atoms with Crippen molar-refractivity contribution in [3.63, 3.8) is 0 Å². The van der Waals surface area contributed by atoms with Crippen LogP contribution in [0.5, 0.6) is 0 Å². The number of carbonyl (C=O) groups excluding carboxylic acids is 1. The van der Waals surface area contributed by atoms with Gasteiger partial charge in [-0.1, -0.05) is 83.1 Å². The summed E-state index contributed by atoms with van der Waals surface area (Å²) in [6.07, 6.45) is 17.8. The Morgan fingerprint density at radius 2 is 1.48 bits per heavy atom. The van der Waals surface area contributed by atoms with Crippen LogP contribution in [0.3, 0.4) is 0 Å². The van der Waals surface area contributed by atoms with Gasteiger partial charge in [-0.15, -0.1) is 0 Å². The van der Waals surface area contributed by atoms with E-state index in [2.05, 4.69) is 31.3 Å². The van der Waals surface area contributed by atoms with Gasteiger partial charge in [0.05, 0.1) is 17.9 Å². The second-order valence-electron chi connectivity index (χ2n) is 7.55. The summed E-state index contributed by atoms with van der Waals surface area (Å²) in [5.41, 5.74) is 0. The summed E-state index contributed by atoms with van der Waals surface area (Å²) in [5, 5.41) is 12.8. The van der Waals surface area contributed by atoms with Gasteiger partial charge < -0.3 is 10.4 Å². The number of allylic oxidation sites excluding steroid dienone is 3. The smallest absolute Gasteiger partial charge is 0.267 e. The highest BCUT2D eigenvalue weighted by Crippen LogP contribution is 2.09. The zero-order valence-corrected chi connectivity index (χ0v) is 19.0. The van der Waals surface area contributed by atoms with Gasteiger partial charge in [-0.25, -0.2) is 0 Å². The Bertz CT molecular complexity index is 572. The summed E-state index contributed by atoms with van der Waals surface area (Å²) in [6, 6.07) is -1.06. The quantitative estimate of drug-likeness (QED) is 0.168. The molecule has 0 fully saturated rings. The largest absolute Gasteiger partial charge is 0.387 e. The molecule has 0 aliphatic rings. The van der Waals surface area contributed by atoms with Gasteiger partial charge in [0.15, 0.2) is 0 Å². The van der Waals surface area contributed by atoms with E-state index in [0.29, 0.717) is 6.42 Å². The molecular formula is C22H41NO5S. The minimum absolute atomic E-state index is 0.286. The predicted molar refractivity (Wildman–Crippen MR) is 119 cm³/mol. The summed E-state index contributed by atoms with van der Waals surface area (Å²) in [5.74, 6) is -1.01. The molecule has 170 valence electrons. The number of amides is 1. The fourth-order valence-corrected chi connectivity index (χ4v) is 3.67. The van der Waals surface area contributed by atoms with Gasteiger partial charge in [-0.3, -0.25) is 9.35 Å². The van der Waals surface area contributed by atoms with Crippen molar-refractivity contribution in [1.29, 1.82) is 0 Å². The fourth-order valence-electron chi connectivity index (χ4n) is 2.94. The molecule has 0 saturated heterocycles. The highest BCUT2D eigenvalue weighted by atomic mass is 32.2. The molecule has 0 heterocycles. The summed E-state index contributed by atoms with van der Waals surface area (Å²) < 4.78 is 31.6. The maximum atomic E-state index is 12.1. The lowest BCUT2D eigenvalue weighted by molar-refractivity contribution is -0.122. The molecule has 2 atom stereocenters. The molecule has 29 heavy (non-hydrogen) atoms. The third-order valence-electron chi connectivity index (χ3n) is 4.61. The minimum Gasteiger partial charge on any atom is -0.387 e. The molecule has 0 aromatic rings. The van der Waals surface area contributed by atoms with Crippen LogP contribution in [-0.4, -0.2) is 41.9 Å². The second kappa shape index (κ2) is 17.7. The van der Waals surface area contributed by atoms with Crippen LogP contribution in [-0.2, 0) is 14.9 Å². The van der Waals surface area contributed by atoms with E-state index in [4.69, 9.17) is 4.55 Å². The van der Waals surface area contributed by atoms with Crippen LogP contribution in [0.25, 0.3) is 0 Å². The molecule has 7 heteroatoms. The molecule has 0 saturated carbocycles. The normalized spacial score (nSPS) is 14.5. The Labute approximate surface area is 177 Å². The average Bonchev–Trinajstić information content (AvgIpc) is 2.64. The number of aliphatic hydroxyl groups excluding tert-OH is 1. The van der Waals surface area contributed by atoms with Crippen LogP contribution in [0.2, 0.25) is 0 Å². The Morgan fingerprint density at radius 1 is 0.897 bits per heavy atom. The number of hydrogen-bond acceptors (Lipinski definition) is 4. The van der Waals surface area contributed by atoms with E-state index in [1.54, 1.807) is 6.08 Å². The highest BCUT2D eigenvalue weighted by molar-refractivity contribution is 7.85. The first kappa shape index (κ1) is 27.8. The van der Waals surface area contributed by atoms with Crippen molar-refractivity contribution in [1.82, 2.24) is 5.32 Å². The maximum Gasteiger partial charge on any atom is 0.267 e. The van der Waals surface area contributed by atoms with Crippen LogP contribution in [0.15, 0.2) is 24.3 Å². The van der Waals surface area contributed by atoms with Gasteiger partial charge in [-0.2, -0.15) is 8.42 Å². The number of carbonyl (C=O) groups is 1. The van der Waals surface area contributed by atoms with Crippen LogP contribution >= 0.6 is 0 Å². The Balaban J connectivity index is 4.40. The lowest BCUT2D eigenvalue weighted by Gasteiger charge is -2.21. The number of aliphatic hydroxyl groups is 1. The SMILES string of the molecule is CCC/C=C/CC/C=C/C(O)C(CS(=O)(=O)O)NC(=O)CCCCCCCCC. The average molecular weight is 432 g/mol. The standard InChI is InChI=1S/C22H41NO5S/c1-3-5-7-9-11-13-15-17-21(24)20(19-29(26,27)28)23-22(25)18-16-14-12-10-8-6-4-2/h7,9,15,17,20-21,24H,3-6,8,10-14,16,18-19H2,1-2H3,(H,23,25)(H,26,27,28)/b9-7+,17-15+. The van der Waals surface area contributed by atoms with E-state index >= 15 is 0 Å². The molecule has 0 aliphatic heterocycles. The van der Waals surface area contributed by atoms with Crippen LogP contribution in [0.4, 0.5) is 0 Å². The lowest BCUT2D eigenvalue weighted by atomic mass is 10.1. The molecule has 2 unspecified atom stereocenters. The van der Waals surface area contributed by atoms with Gasteiger partial charge in [0.2, 0.25) is 5.91 Å². The van der Waals surface area contributed by atoms with Crippen molar-refractivity contribution in [2.75, 3.05) is 5.75 Å². The molecule has 0 bridgehead atoms. The molecule has 0 radical (unpaired) electrons. The Hall–Kier alpha value is -1.18. The number of hydrogen-bond donors (Lipinski definition) is 3. The fraction of sp³-hybridized carbons (Fsp3) is 0.773. The monoisotopic (exact) mass is 431 g/mol. The first-order valence-corrected chi connectivity index (χ1v) is 12.6. The summed E-state index contributed by atoms with van der Waals surface area (Å²) >= 11 is 0. The first-order valence-electron chi connectivity index (χ1n) is 11.0. The van der Waals surface area contributed by atoms with Gasteiger partial charge in [0.1, 0.15) is 0 Å². The van der Waals surface area contributed by atoms with Crippen molar-refractivity contribution < 1.29 is 22.9 Å². The van der Waals surface area contributed by atoms with Crippen molar-refractivity contribution >= 4 is 16.0 Å². The van der Waals surface area contributed by atoms with E-state index < -0.39 is 28.0 Å². The van der Waals surface area contributed by atoms with E-state index in [1.165, 1.54) is 25.3 Å². The second-order valence-corrected chi connectivity index (χ2v) is 9.05. The van der Waals surface area contributed by atoms with Crippen molar-refractivity contribution in [3.05, 3.63) is 24.3 Å². The number of unbranched alkanes of at least 4 members (excludes halogenated alkanes) is 8. The zero-order valence-electron chi connectivity index (χ0n) is 18.2. The molecule has 1 amide bonds. The van der Waals surface area contributed by atoms with Crippen LogP contribution in [0.1, 0.15) is 90.9 Å². The summed E-state index contributed by atoms with van der Waals surface area (Å²) in [4.78, 5) is 12.1. The van der Waals surface area contributed by atoms with E-state index in [1.807, 2.05) is 0 Å². The summed E-state index contributed by atoms with van der Waals surface area (Å²) in [6.45, 7) is 4.28. The topological polar surface area (TPSA) is 104 Å². The molecule has 3 N–H and O–H groups in total. The van der Waals surface area contributed by atoms with Gasteiger partial charge in [0.25, 0.3) is 10.1 Å². The molecular weight excluding hydrogens is 390 g/mol. The third-order valence-corrected chi connectivity index (χ3v) is 5.39. The van der Waals surface area contributed by atoms with Crippen molar-refractivity contribution in [2.45, 2.75) is 103 Å². The minimum atomic E-state index is -4.32. The van der Waals surface area contributed by atoms with Gasteiger partial charge in [-0.05, 0) is 25.7 Å². The number of rotatable bonds is 18. The third kappa shape index (κ3) is 18.6. The van der Waals surface area contributed by atoms with E-state index in [0.717, 1.165) is 44.9 Å². The molecule has 0 aromatic carbocycles. The van der Waals surface area contributed by atoms with Gasteiger partial charge >= 0.3 is 0 Å². The molecule has 0 aliphatic carbocycles. The molecule has 0 spiro atoms. The highest BCUT2D eigenvalue weighted by Gasteiger charge is 2.24. The van der Waals surface area contributed by atoms with Crippen LogP contribution < -0.4 is 5.32 Å². The summed E-state index contributed by atoms with van der Waals surface area (Å²) in [7, 11) is -4.32. The predicted octanol–water partition coefficient (Wildman–Crippen LogP) is 4.55. The van der Waals surface area contributed by atoms with E-state index in [-0.39, 0.29) is 12.3 Å². The Kier molecular flexibility index (Phi) is 16.9. The van der Waals surface area contributed by atoms with E-state index in [9.17, 15) is 18.3 Å². The molecule has 0 aromatic heterocycles. The van der Waals surface area contributed by atoms with Gasteiger partial charge in [0, 0.05) is 6.42 Å². The van der Waals surface area contributed by atoms with Crippen molar-refractivity contribution in [3.8, 4) is 0 Å². The Morgan fingerprint density at radius 3 is 2.10 bits per heavy atom. The number of nitrogens with one attached hydrogen (secondary N) is 1.